The zero-order valence-corrected chi connectivity index (χ0v) is 9.10. The second-order valence-electron chi connectivity index (χ2n) is 3.83. The van der Waals surface area contributed by atoms with Gasteiger partial charge in [-0.05, 0) is 32.0 Å². The van der Waals surface area contributed by atoms with Crippen LogP contribution in [-0.2, 0) is 13.0 Å². The summed E-state index contributed by atoms with van der Waals surface area (Å²) in [5.74, 6) is -0.806. The Morgan fingerprint density at radius 3 is 3.07 bits per heavy atom. The monoisotopic (exact) mass is 211 g/mol. The molecule has 0 saturated carbocycles. The first-order valence-electron chi connectivity index (χ1n) is 4.63. The first-order chi connectivity index (χ1) is 6.58. The molecule has 0 bridgehead atoms. The minimum absolute atomic E-state index is 0.470. The molecule has 0 radical (unpaired) electrons. The van der Waals surface area contributed by atoms with E-state index >= 15 is 0 Å². The summed E-state index contributed by atoms with van der Waals surface area (Å²) in [5, 5.41) is 8.86. The minimum atomic E-state index is -0.806. The minimum Gasteiger partial charge on any atom is -0.477 e. The molecule has 0 aromatic carbocycles. The topological polar surface area (TPSA) is 40.5 Å². The lowest BCUT2D eigenvalue weighted by Gasteiger charge is -2.29. The molecule has 2 heterocycles. The number of likely N-dealkylation sites (N-methyl/N-ethyl adjacent to an activating group) is 1. The SMILES string of the molecule is CC1Cc2cc(C(=O)O)sc2CN1C. The highest BCUT2D eigenvalue weighted by atomic mass is 32.1. The van der Waals surface area contributed by atoms with Crippen LogP contribution in [-0.4, -0.2) is 29.1 Å². The van der Waals surface area contributed by atoms with Gasteiger partial charge in [0.15, 0.2) is 0 Å². The number of rotatable bonds is 1. The summed E-state index contributed by atoms with van der Waals surface area (Å²) in [6, 6.07) is 2.34. The van der Waals surface area contributed by atoms with Crippen molar-refractivity contribution in [2.45, 2.75) is 25.9 Å². The number of nitrogens with zero attached hydrogens (tertiary/aromatic N) is 1. The van der Waals surface area contributed by atoms with Crippen LogP contribution in [0.15, 0.2) is 6.07 Å². The highest BCUT2D eigenvalue weighted by Gasteiger charge is 2.23. The molecule has 0 amide bonds. The number of aromatic carboxylic acids is 1. The van der Waals surface area contributed by atoms with E-state index in [1.807, 2.05) is 6.07 Å². The lowest BCUT2D eigenvalue weighted by molar-refractivity contribution is 0.0702. The fraction of sp³-hybridized carbons (Fsp3) is 0.500. The Bertz CT molecular complexity index is 345. The van der Waals surface area contributed by atoms with E-state index in [-0.39, 0.29) is 0 Å². The summed E-state index contributed by atoms with van der Waals surface area (Å²) in [6.45, 7) is 3.05. The van der Waals surface area contributed by atoms with Crippen LogP contribution in [0.3, 0.4) is 0 Å². The van der Waals surface area contributed by atoms with E-state index in [4.69, 9.17) is 5.11 Å². The summed E-state index contributed by atoms with van der Waals surface area (Å²) in [5.41, 5.74) is 1.22. The third-order valence-corrected chi connectivity index (χ3v) is 3.92. The van der Waals surface area contributed by atoms with Crippen LogP contribution in [0.1, 0.15) is 27.0 Å². The molecular weight excluding hydrogens is 198 g/mol. The molecule has 1 N–H and O–H groups in total. The summed E-state index contributed by atoms with van der Waals surface area (Å²) in [6.07, 6.45) is 0.968. The molecule has 1 unspecified atom stereocenters. The van der Waals surface area contributed by atoms with Gasteiger partial charge in [0.05, 0.1) is 0 Å². The smallest absolute Gasteiger partial charge is 0.345 e. The number of thiophene rings is 1. The Morgan fingerprint density at radius 2 is 2.43 bits per heavy atom. The van der Waals surface area contributed by atoms with E-state index in [0.717, 1.165) is 13.0 Å². The molecule has 1 aromatic heterocycles. The standard InChI is InChI=1S/C10H13NO2S/c1-6-3-7-4-8(10(12)13)14-9(7)5-11(6)2/h4,6H,3,5H2,1-2H3,(H,12,13). The maximum Gasteiger partial charge on any atom is 0.345 e. The normalized spacial score (nSPS) is 22.0. The van der Waals surface area contributed by atoms with Crippen molar-refractivity contribution in [2.24, 2.45) is 0 Å². The highest BCUT2D eigenvalue weighted by Crippen LogP contribution is 2.29. The lowest BCUT2D eigenvalue weighted by Crippen LogP contribution is -2.34. The Morgan fingerprint density at radius 1 is 1.71 bits per heavy atom. The number of hydrogen-bond acceptors (Lipinski definition) is 3. The van der Waals surface area contributed by atoms with Gasteiger partial charge < -0.3 is 5.11 Å². The molecule has 0 aliphatic carbocycles. The van der Waals surface area contributed by atoms with Gasteiger partial charge in [-0.1, -0.05) is 0 Å². The zero-order valence-electron chi connectivity index (χ0n) is 8.28. The van der Waals surface area contributed by atoms with Crippen molar-refractivity contribution in [1.29, 1.82) is 0 Å². The average Bonchev–Trinajstić information content (AvgIpc) is 2.48. The van der Waals surface area contributed by atoms with Crippen LogP contribution in [0.5, 0.6) is 0 Å². The quantitative estimate of drug-likeness (QED) is 0.770. The number of fused-ring (bicyclic) bond motifs is 1. The molecule has 1 aliphatic rings. The van der Waals surface area contributed by atoms with E-state index in [2.05, 4.69) is 18.9 Å². The van der Waals surface area contributed by atoms with Gasteiger partial charge in [-0.3, -0.25) is 4.90 Å². The number of carboxylic acids is 1. The second-order valence-corrected chi connectivity index (χ2v) is 4.97. The van der Waals surface area contributed by atoms with Crippen molar-refractivity contribution in [3.05, 3.63) is 21.4 Å². The molecule has 1 atom stereocenters. The van der Waals surface area contributed by atoms with Crippen molar-refractivity contribution in [3.63, 3.8) is 0 Å². The zero-order chi connectivity index (χ0) is 10.3. The molecule has 4 heteroatoms. The lowest BCUT2D eigenvalue weighted by atomic mass is 10.0. The van der Waals surface area contributed by atoms with Crippen LogP contribution in [0.25, 0.3) is 0 Å². The van der Waals surface area contributed by atoms with Crippen molar-refractivity contribution in [2.75, 3.05) is 7.05 Å². The molecule has 1 aromatic rings. The highest BCUT2D eigenvalue weighted by molar-refractivity contribution is 7.14. The van der Waals surface area contributed by atoms with Gasteiger partial charge in [0.1, 0.15) is 4.88 Å². The molecule has 3 nitrogen and oxygen atoms in total. The van der Waals surface area contributed by atoms with Crippen LogP contribution in [0, 0.1) is 0 Å². The fourth-order valence-electron chi connectivity index (χ4n) is 1.73. The summed E-state index contributed by atoms with van der Waals surface area (Å²) >= 11 is 1.41. The van der Waals surface area contributed by atoms with E-state index in [1.165, 1.54) is 21.8 Å². The molecule has 0 spiro atoms. The van der Waals surface area contributed by atoms with E-state index in [9.17, 15) is 4.79 Å². The van der Waals surface area contributed by atoms with Crippen molar-refractivity contribution in [3.8, 4) is 0 Å². The van der Waals surface area contributed by atoms with E-state index < -0.39 is 5.97 Å². The van der Waals surface area contributed by atoms with Crippen molar-refractivity contribution in [1.82, 2.24) is 4.90 Å². The van der Waals surface area contributed by atoms with Crippen LogP contribution >= 0.6 is 11.3 Å². The Labute approximate surface area is 87.0 Å². The Hall–Kier alpha value is -0.870. The van der Waals surface area contributed by atoms with Gasteiger partial charge in [0, 0.05) is 17.5 Å². The number of carbonyl (C=O) groups is 1. The second kappa shape index (κ2) is 3.37. The molecular formula is C10H13NO2S. The molecule has 14 heavy (non-hydrogen) atoms. The number of hydrogen-bond donors (Lipinski definition) is 1. The average molecular weight is 211 g/mol. The molecule has 76 valence electrons. The predicted molar refractivity (Wildman–Crippen MR) is 55.9 cm³/mol. The molecule has 1 aliphatic heterocycles. The molecule has 0 fully saturated rings. The maximum atomic E-state index is 10.8. The fourth-order valence-corrected chi connectivity index (χ4v) is 2.83. The van der Waals surface area contributed by atoms with Crippen LogP contribution in [0.2, 0.25) is 0 Å². The van der Waals surface area contributed by atoms with Crippen molar-refractivity contribution < 1.29 is 9.90 Å². The molecule has 2 rings (SSSR count). The Kier molecular flexibility index (Phi) is 2.33. The van der Waals surface area contributed by atoms with Crippen molar-refractivity contribution >= 4 is 17.3 Å². The van der Waals surface area contributed by atoms with Crippen LogP contribution in [0.4, 0.5) is 0 Å². The van der Waals surface area contributed by atoms with Gasteiger partial charge in [-0.15, -0.1) is 11.3 Å². The summed E-state index contributed by atoms with van der Waals surface area (Å²) in [7, 11) is 2.08. The van der Waals surface area contributed by atoms with Gasteiger partial charge >= 0.3 is 5.97 Å². The van der Waals surface area contributed by atoms with Crippen LogP contribution < -0.4 is 0 Å². The predicted octanol–water partition coefficient (Wildman–Crippen LogP) is 1.82. The largest absolute Gasteiger partial charge is 0.477 e. The summed E-state index contributed by atoms with van der Waals surface area (Å²) in [4.78, 5) is 14.7. The third-order valence-electron chi connectivity index (χ3n) is 2.77. The third kappa shape index (κ3) is 1.55. The van der Waals surface area contributed by atoms with Gasteiger partial charge in [-0.25, -0.2) is 4.79 Å². The van der Waals surface area contributed by atoms with Gasteiger partial charge in [-0.2, -0.15) is 0 Å². The van der Waals surface area contributed by atoms with Gasteiger partial charge in [0.25, 0.3) is 0 Å². The van der Waals surface area contributed by atoms with Gasteiger partial charge in [0.2, 0.25) is 0 Å². The number of carboxylic acid groups (broad SMARTS) is 1. The first kappa shape index (κ1) is 9.68. The molecule has 0 saturated heterocycles. The Balaban J connectivity index is 2.34. The summed E-state index contributed by atoms with van der Waals surface area (Å²) < 4.78 is 0. The van der Waals surface area contributed by atoms with E-state index in [0.29, 0.717) is 10.9 Å². The maximum absolute atomic E-state index is 10.8. The first-order valence-corrected chi connectivity index (χ1v) is 5.44. The van der Waals surface area contributed by atoms with E-state index in [1.54, 1.807) is 0 Å².